The standard InChI is InChI=1S/C11H10N2O2S2/c1-16-8-4-2-7(3-5-8)6-9-10(14)12-11(13-15)17-9/h2-6,15H,1H3,(H,12,13,14)/b9-6+. The van der Waals surface area contributed by atoms with Gasteiger partial charge >= 0.3 is 0 Å². The second-order valence-electron chi connectivity index (χ2n) is 3.24. The Hall–Kier alpha value is -1.40. The molecule has 0 bridgehead atoms. The number of hydrogen-bond acceptors (Lipinski definition) is 5. The van der Waals surface area contributed by atoms with E-state index in [0.29, 0.717) is 4.91 Å². The molecule has 0 radical (unpaired) electrons. The van der Waals surface area contributed by atoms with Crippen molar-refractivity contribution < 1.29 is 10.0 Å². The number of thioether (sulfide) groups is 2. The van der Waals surface area contributed by atoms with E-state index in [-0.39, 0.29) is 11.1 Å². The van der Waals surface area contributed by atoms with Gasteiger partial charge in [-0.05, 0) is 41.8 Å². The lowest BCUT2D eigenvalue weighted by molar-refractivity contribution is -0.115. The van der Waals surface area contributed by atoms with E-state index in [1.165, 1.54) is 4.90 Å². The van der Waals surface area contributed by atoms with Crippen molar-refractivity contribution in [2.75, 3.05) is 6.26 Å². The second kappa shape index (κ2) is 5.29. The van der Waals surface area contributed by atoms with Gasteiger partial charge in [-0.15, -0.1) is 11.8 Å². The van der Waals surface area contributed by atoms with Crippen LogP contribution in [0.25, 0.3) is 6.08 Å². The van der Waals surface area contributed by atoms with Crippen molar-refractivity contribution >= 4 is 40.7 Å². The van der Waals surface area contributed by atoms with E-state index in [1.807, 2.05) is 30.5 Å². The SMILES string of the molecule is CSc1ccc(/C=C2/S/C(=N/O)NC2=O)cc1. The number of hydrogen-bond donors (Lipinski definition) is 2. The Morgan fingerprint density at radius 2 is 2.12 bits per heavy atom. The van der Waals surface area contributed by atoms with Crippen LogP contribution in [0.5, 0.6) is 0 Å². The van der Waals surface area contributed by atoms with Crippen LogP contribution in [0, 0.1) is 0 Å². The third-order valence-corrected chi connectivity index (χ3v) is 3.80. The van der Waals surface area contributed by atoms with Crippen molar-refractivity contribution in [1.82, 2.24) is 5.32 Å². The first-order chi connectivity index (χ1) is 8.22. The van der Waals surface area contributed by atoms with Gasteiger partial charge in [0.2, 0.25) is 5.17 Å². The Morgan fingerprint density at radius 1 is 1.41 bits per heavy atom. The van der Waals surface area contributed by atoms with E-state index in [9.17, 15) is 4.79 Å². The van der Waals surface area contributed by atoms with Gasteiger partial charge in [0.15, 0.2) is 0 Å². The minimum Gasteiger partial charge on any atom is -0.409 e. The summed E-state index contributed by atoms with van der Waals surface area (Å²) in [5.41, 5.74) is 0.944. The molecule has 1 saturated heterocycles. The van der Waals surface area contributed by atoms with Crippen LogP contribution in [0.1, 0.15) is 5.56 Å². The maximum absolute atomic E-state index is 11.5. The molecule has 1 aliphatic heterocycles. The number of oxime groups is 1. The third-order valence-electron chi connectivity index (χ3n) is 2.16. The van der Waals surface area contributed by atoms with Crippen molar-refractivity contribution in [3.05, 3.63) is 34.7 Å². The first-order valence-electron chi connectivity index (χ1n) is 4.80. The van der Waals surface area contributed by atoms with Crippen molar-refractivity contribution in [2.45, 2.75) is 4.90 Å². The maximum atomic E-state index is 11.5. The first kappa shape index (κ1) is 12.1. The lowest BCUT2D eigenvalue weighted by Crippen LogP contribution is -2.19. The number of carbonyl (C=O) groups is 1. The van der Waals surface area contributed by atoms with E-state index in [2.05, 4.69) is 10.5 Å². The van der Waals surface area contributed by atoms with E-state index >= 15 is 0 Å². The van der Waals surface area contributed by atoms with Crippen LogP contribution >= 0.6 is 23.5 Å². The number of rotatable bonds is 2. The predicted molar refractivity (Wildman–Crippen MR) is 71.2 cm³/mol. The van der Waals surface area contributed by atoms with Crippen LogP contribution in [0.2, 0.25) is 0 Å². The summed E-state index contributed by atoms with van der Waals surface area (Å²) in [5, 5.41) is 14.2. The molecule has 1 amide bonds. The molecule has 0 unspecified atom stereocenters. The molecule has 1 heterocycles. The van der Waals surface area contributed by atoms with Gasteiger partial charge in [0.1, 0.15) is 0 Å². The average Bonchev–Trinajstić information content (AvgIpc) is 2.71. The van der Waals surface area contributed by atoms with E-state index in [1.54, 1.807) is 17.8 Å². The fourth-order valence-corrected chi connectivity index (χ4v) is 2.47. The fourth-order valence-electron chi connectivity index (χ4n) is 1.33. The molecule has 6 heteroatoms. The highest BCUT2D eigenvalue weighted by Gasteiger charge is 2.23. The summed E-state index contributed by atoms with van der Waals surface area (Å²) in [6, 6.07) is 7.88. The summed E-state index contributed by atoms with van der Waals surface area (Å²) in [5.74, 6) is -0.239. The number of nitrogens with one attached hydrogen (secondary N) is 1. The number of benzene rings is 1. The Balaban J connectivity index is 2.21. The Kier molecular flexibility index (Phi) is 3.75. The molecule has 1 aromatic rings. The highest BCUT2D eigenvalue weighted by atomic mass is 32.2. The minimum absolute atomic E-state index is 0.210. The normalized spacial score (nSPS) is 19.9. The smallest absolute Gasteiger partial charge is 0.264 e. The van der Waals surface area contributed by atoms with Crippen LogP contribution in [0.15, 0.2) is 39.2 Å². The molecule has 2 rings (SSSR count). The van der Waals surface area contributed by atoms with Crippen LogP contribution in [-0.4, -0.2) is 22.5 Å². The summed E-state index contributed by atoms with van der Waals surface area (Å²) in [6.45, 7) is 0. The Bertz CT molecular complexity index is 495. The number of amidine groups is 1. The van der Waals surface area contributed by atoms with Gasteiger partial charge < -0.3 is 5.21 Å². The second-order valence-corrected chi connectivity index (χ2v) is 5.15. The van der Waals surface area contributed by atoms with Crippen molar-refractivity contribution in [3.63, 3.8) is 0 Å². The van der Waals surface area contributed by atoms with Gasteiger partial charge in [0.05, 0.1) is 4.91 Å². The molecule has 0 atom stereocenters. The van der Waals surface area contributed by atoms with Gasteiger partial charge in [-0.1, -0.05) is 17.3 Å². The van der Waals surface area contributed by atoms with Crippen molar-refractivity contribution in [3.8, 4) is 0 Å². The average molecular weight is 266 g/mol. The highest BCUT2D eigenvalue weighted by molar-refractivity contribution is 8.18. The monoisotopic (exact) mass is 266 g/mol. The highest BCUT2D eigenvalue weighted by Crippen LogP contribution is 2.26. The zero-order valence-corrected chi connectivity index (χ0v) is 10.6. The third kappa shape index (κ3) is 2.83. The molecular weight excluding hydrogens is 256 g/mol. The molecule has 1 fully saturated rings. The molecule has 88 valence electrons. The van der Waals surface area contributed by atoms with Gasteiger partial charge in [-0.3, -0.25) is 10.1 Å². The Labute approximate surface area is 107 Å². The summed E-state index contributed by atoms with van der Waals surface area (Å²) in [7, 11) is 0. The van der Waals surface area contributed by atoms with Crippen LogP contribution in [-0.2, 0) is 4.79 Å². The predicted octanol–water partition coefficient (Wildman–Crippen LogP) is 2.36. The quantitative estimate of drug-likeness (QED) is 0.373. The largest absolute Gasteiger partial charge is 0.409 e. The maximum Gasteiger partial charge on any atom is 0.264 e. The molecule has 1 aliphatic rings. The summed E-state index contributed by atoms with van der Waals surface area (Å²) < 4.78 is 0. The summed E-state index contributed by atoms with van der Waals surface area (Å²) >= 11 is 2.79. The Morgan fingerprint density at radius 3 is 2.65 bits per heavy atom. The van der Waals surface area contributed by atoms with Gasteiger partial charge in [0, 0.05) is 4.90 Å². The molecule has 4 nitrogen and oxygen atoms in total. The van der Waals surface area contributed by atoms with E-state index in [0.717, 1.165) is 17.3 Å². The number of amides is 1. The van der Waals surface area contributed by atoms with Crippen molar-refractivity contribution in [2.24, 2.45) is 5.16 Å². The van der Waals surface area contributed by atoms with Gasteiger partial charge in [-0.25, -0.2) is 0 Å². The molecule has 0 aromatic heterocycles. The van der Waals surface area contributed by atoms with Crippen LogP contribution in [0.4, 0.5) is 0 Å². The molecule has 1 aromatic carbocycles. The van der Waals surface area contributed by atoms with Gasteiger partial charge in [0.25, 0.3) is 5.91 Å². The summed E-state index contributed by atoms with van der Waals surface area (Å²) in [6.07, 6.45) is 3.78. The summed E-state index contributed by atoms with van der Waals surface area (Å²) in [4.78, 5) is 13.2. The van der Waals surface area contributed by atoms with E-state index in [4.69, 9.17) is 5.21 Å². The molecular formula is C11H10N2O2S2. The molecule has 0 saturated carbocycles. The molecule has 0 aliphatic carbocycles. The lowest BCUT2D eigenvalue weighted by atomic mass is 10.2. The fraction of sp³-hybridized carbons (Fsp3) is 0.0909. The topological polar surface area (TPSA) is 61.7 Å². The molecule has 2 N–H and O–H groups in total. The van der Waals surface area contributed by atoms with E-state index < -0.39 is 0 Å². The molecule has 0 spiro atoms. The van der Waals surface area contributed by atoms with Crippen LogP contribution < -0.4 is 5.32 Å². The van der Waals surface area contributed by atoms with Crippen molar-refractivity contribution in [1.29, 1.82) is 0 Å². The number of nitrogens with zero attached hydrogens (tertiary/aromatic N) is 1. The number of carbonyl (C=O) groups excluding carboxylic acids is 1. The lowest BCUT2D eigenvalue weighted by Gasteiger charge is -1.97. The van der Waals surface area contributed by atoms with Crippen LogP contribution in [0.3, 0.4) is 0 Å². The minimum atomic E-state index is -0.239. The zero-order chi connectivity index (χ0) is 12.3. The zero-order valence-electron chi connectivity index (χ0n) is 9.01. The molecule has 17 heavy (non-hydrogen) atoms. The first-order valence-corrected chi connectivity index (χ1v) is 6.84. The van der Waals surface area contributed by atoms with Gasteiger partial charge in [-0.2, -0.15) is 0 Å².